The van der Waals surface area contributed by atoms with Crippen LogP contribution in [-0.4, -0.2) is 45.4 Å². The highest BCUT2D eigenvalue weighted by atomic mass is 35.5. The molecule has 156 valence electrons. The number of benzene rings is 1. The summed E-state index contributed by atoms with van der Waals surface area (Å²) in [5.74, 6) is 0.674. The molecule has 1 aliphatic rings. The molecule has 2 aromatic heterocycles. The first kappa shape index (κ1) is 21.3. The van der Waals surface area contributed by atoms with E-state index in [0.717, 1.165) is 48.4 Å². The lowest BCUT2D eigenvalue weighted by Crippen LogP contribution is -2.34. The summed E-state index contributed by atoms with van der Waals surface area (Å²) < 4.78 is 7.91. The fourth-order valence-electron chi connectivity index (χ4n) is 4.03. The molecule has 0 radical (unpaired) electrons. The van der Waals surface area contributed by atoms with Gasteiger partial charge < -0.3 is 14.6 Å². The zero-order chi connectivity index (χ0) is 19.7. The van der Waals surface area contributed by atoms with Crippen molar-refractivity contribution < 1.29 is 9.21 Å². The Morgan fingerprint density at radius 1 is 1.34 bits per heavy atom. The number of carbonyl (C=O) groups is 1. The number of carbonyl (C=O) groups excluding carboxylic acids is 1. The first-order chi connectivity index (χ1) is 13.6. The Morgan fingerprint density at radius 3 is 2.76 bits per heavy atom. The van der Waals surface area contributed by atoms with Gasteiger partial charge in [0.2, 0.25) is 0 Å². The minimum Gasteiger partial charge on any atom is -0.459 e. The summed E-state index contributed by atoms with van der Waals surface area (Å²) in [5, 5.41) is 13.0. The number of aromatic nitrogens is 3. The second kappa shape index (κ2) is 8.97. The standard InChI is InChI=1S/C21H27N5O2.ClH/c1-4-25(14(2)19-13-16-7-5-6-8-18(16)28-19)21(27)20-15(3)26(24-23-20)17-9-11-22-12-10-17;/h5-8,13-14,17,22H,4,9-12H2,1-3H3;1H. The molecule has 1 aromatic carbocycles. The molecule has 1 saturated heterocycles. The van der Waals surface area contributed by atoms with Gasteiger partial charge in [-0.05, 0) is 58.8 Å². The molecule has 1 amide bonds. The Labute approximate surface area is 176 Å². The monoisotopic (exact) mass is 417 g/mol. The highest BCUT2D eigenvalue weighted by Gasteiger charge is 2.29. The minimum absolute atomic E-state index is 0. The van der Waals surface area contributed by atoms with Crippen molar-refractivity contribution in [3.8, 4) is 0 Å². The molecular weight excluding hydrogens is 390 g/mol. The van der Waals surface area contributed by atoms with Gasteiger partial charge in [0.15, 0.2) is 5.69 Å². The van der Waals surface area contributed by atoms with E-state index in [1.165, 1.54) is 0 Å². The van der Waals surface area contributed by atoms with Crippen molar-refractivity contribution in [1.29, 1.82) is 0 Å². The van der Waals surface area contributed by atoms with Crippen molar-refractivity contribution >= 4 is 29.3 Å². The predicted molar refractivity (Wildman–Crippen MR) is 114 cm³/mol. The summed E-state index contributed by atoms with van der Waals surface area (Å²) in [6.07, 6.45) is 2.01. The van der Waals surface area contributed by atoms with E-state index in [2.05, 4.69) is 15.6 Å². The highest BCUT2D eigenvalue weighted by molar-refractivity contribution is 5.93. The van der Waals surface area contributed by atoms with Gasteiger partial charge in [-0.25, -0.2) is 4.68 Å². The van der Waals surface area contributed by atoms with Gasteiger partial charge in [0.1, 0.15) is 11.3 Å². The predicted octanol–water partition coefficient (Wildman–Crippen LogP) is 3.90. The topological polar surface area (TPSA) is 76.2 Å². The number of furan rings is 1. The van der Waals surface area contributed by atoms with E-state index >= 15 is 0 Å². The van der Waals surface area contributed by atoms with Gasteiger partial charge in [-0.3, -0.25) is 4.79 Å². The van der Waals surface area contributed by atoms with Crippen molar-refractivity contribution in [2.45, 2.75) is 45.7 Å². The quantitative estimate of drug-likeness (QED) is 0.681. The molecule has 0 spiro atoms. The molecule has 0 saturated carbocycles. The minimum atomic E-state index is -0.187. The first-order valence-electron chi connectivity index (χ1n) is 10.0. The number of para-hydroxylation sites is 1. The molecule has 1 N–H and O–H groups in total. The van der Waals surface area contributed by atoms with Crippen LogP contribution in [0.3, 0.4) is 0 Å². The van der Waals surface area contributed by atoms with Crippen LogP contribution in [0, 0.1) is 6.92 Å². The molecule has 7 nitrogen and oxygen atoms in total. The largest absolute Gasteiger partial charge is 0.459 e. The Hall–Kier alpha value is -2.38. The molecule has 0 bridgehead atoms. The number of rotatable bonds is 5. The lowest BCUT2D eigenvalue weighted by atomic mass is 10.1. The van der Waals surface area contributed by atoms with Crippen LogP contribution < -0.4 is 5.32 Å². The maximum atomic E-state index is 13.3. The van der Waals surface area contributed by atoms with E-state index < -0.39 is 0 Å². The van der Waals surface area contributed by atoms with Crippen LogP contribution in [0.15, 0.2) is 34.7 Å². The fourth-order valence-corrected chi connectivity index (χ4v) is 4.03. The zero-order valence-electron chi connectivity index (χ0n) is 17.1. The third-order valence-electron chi connectivity index (χ3n) is 5.71. The van der Waals surface area contributed by atoms with Crippen molar-refractivity contribution in [1.82, 2.24) is 25.2 Å². The molecule has 3 aromatic rings. The molecule has 0 aliphatic carbocycles. The fraction of sp³-hybridized carbons (Fsp3) is 0.476. The molecule has 1 unspecified atom stereocenters. The highest BCUT2D eigenvalue weighted by Crippen LogP contribution is 2.29. The van der Waals surface area contributed by atoms with Crippen LogP contribution in [-0.2, 0) is 0 Å². The third kappa shape index (κ3) is 4.02. The Morgan fingerprint density at radius 2 is 2.07 bits per heavy atom. The van der Waals surface area contributed by atoms with Crippen molar-refractivity contribution in [3.63, 3.8) is 0 Å². The van der Waals surface area contributed by atoms with Gasteiger partial charge >= 0.3 is 0 Å². The lowest BCUT2D eigenvalue weighted by Gasteiger charge is -2.26. The van der Waals surface area contributed by atoms with Crippen LogP contribution >= 0.6 is 12.4 Å². The van der Waals surface area contributed by atoms with Gasteiger partial charge in [0.05, 0.1) is 17.8 Å². The summed E-state index contributed by atoms with van der Waals surface area (Å²) in [5.41, 5.74) is 2.11. The smallest absolute Gasteiger partial charge is 0.276 e. The summed E-state index contributed by atoms with van der Waals surface area (Å²) in [6, 6.07) is 10.0. The second-order valence-electron chi connectivity index (χ2n) is 7.40. The van der Waals surface area contributed by atoms with E-state index in [0.29, 0.717) is 18.3 Å². The number of hydrogen-bond donors (Lipinski definition) is 1. The van der Waals surface area contributed by atoms with Crippen molar-refractivity contribution in [2.75, 3.05) is 19.6 Å². The Kier molecular flexibility index (Phi) is 6.59. The zero-order valence-corrected chi connectivity index (χ0v) is 17.9. The van der Waals surface area contributed by atoms with Gasteiger partial charge in [0.25, 0.3) is 5.91 Å². The van der Waals surface area contributed by atoms with Crippen LogP contribution in [0.2, 0.25) is 0 Å². The van der Waals surface area contributed by atoms with E-state index in [4.69, 9.17) is 4.42 Å². The molecule has 4 rings (SSSR count). The maximum Gasteiger partial charge on any atom is 0.276 e. The number of hydrogen-bond acceptors (Lipinski definition) is 5. The van der Waals surface area contributed by atoms with Crippen molar-refractivity contribution in [3.05, 3.63) is 47.5 Å². The lowest BCUT2D eigenvalue weighted by molar-refractivity contribution is 0.0677. The van der Waals surface area contributed by atoms with Crippen LogP contribution in [0.25, 0.3) is 11.0 Å². The third-order valence-corrected chi connectivity index (χ3v) is 5.71. The molecule has 8 heteroatoms. The average Bonchev–Trinajstić information content (AvgIpc) is 3.32. The van der Waals surface area contributed by atoms with Gasteiger partial charge in [-0.2, -0.15) is 0 Å². The Balaban J connectivity index is 0.00000240. The summed E-state index contributed by atoms with van der Waals surface area (Å²) >= 11 is 0. The van der Waals surface area contributed by atoms with E-state index in [-0.39, 0.29) is 24.4 Å². The summed E-state index contributed by atoms with van der Waals surface area (Å²) in [7, 11) is 0. The molecule has 1 fully saturated rings. The van der Waals surface area contributed by atoms with E-state index in [1.54, 1.807) is 4.90 Å². The maximum absolute atomic E-state index is 13.3. The number of fused-ring (bicyclic) bond motifs is 1. The first-order valence-corrected chi connectivity index (χ1v) is 10.0. The van der Waals surface area contributed by atoms with Crippen molar-refractivity contribution in [2.24, 2.45) is 0 Å². The van der Waals surface area contributed by atoms with Crippen LogP contribution in [0.5, 0.6) is 0 Å². The van der Waals surface area contributed by atoms with Crippen LogP contribution in [0.4, 0.5) is 0 Å². The molecule has 29 heavy (non-hydrogen) atoms. The van der Waals surface area contributed by atoms with Gasteiger partial charge in [0, 0.05) is 11.9 Å². The normalized spacial score (nSPS) is 15.8. The Bertz CT molecular complexity index is 944. The molecule has 1 atom stereocenters. The number of halogens is 1. The molecule has 1 aliphatic heterocycles. The second-order valence-corrected chi connectivity index (χ2v) is 7.40. The molecular formula is C21H28ClN5O2. The summed E-state index contributed by atoms with van der Waals surface area (Å²) in [6.45, 7) is 8.41. The van der Waals surface area contributed by atoms with Gasteiger partial charge in [-0.1, -0.05) is 23.4 Å². The van der Waals surface area contributed by atoms with Crippen LogP contribution in [0.1, 0.15) is 60.7 Å². The number of nitrogens with one attached hydrogen (secondary N) is 1. The average molecular weight is 418 g/mol. The number of amides is 1. The SMILES string of the molecule is CCN(C(=O)c1nnn(C2CCNCC2)c1C)C(C)c1cc2ccccc2o1.Cl. The van der Waals surface area contributed by atoms with E-state index in [9.17, 15) is 4.79 Å². The molecule has 3 heterocycles. The number of nitrogens with zero attached hydrogens (tertiary/aromatic N) is 4. The van der Waals surface area contributed by atoms with Gasteiger partial charge in [-0.15, -0.1) is 17.5 Å². The van der Waals surface area contributed by atoms with E-state index in [1.807, 2.05) is 55.8 Å². The number of piperidine rings is 1. The summed E-state index contributed by atoms with van der Waals surface area (Å²) in [4.78, 5) is 15.1.